The van der Waals surface area contributed by atoms with Crippen molar-refractivity contribution in [2.24, 2.45) is 5.73 Å². The second-order valence-electron chi connectivity index (χ2n) is 9.31. The van der Waals surface area contributed by atoms with Gasteiger partial charge in [0, 0.05) is 45.1 Å². The molecule has 2 fully saturated rings. The van der Waals surface area contributed by atoms with E-state index in [1.165, 1.54) is 0 Å². The van der Waals surface area contributed by atoms with Crippen LogP contribution in [-0.4, -0.2) is 71.2 Å². The van der Waals surface area contributed by atoms with Crippen molar-refractivity contribution in [3.8, 4) is 0 Å². The summed E-state index contributed by atoms with van der Waals surface area (Å²) in [6.45, 7) is 13.6. The smallest absolute Gasteiger partial charge is 0.410 e. The molecule has 2 aliphatic heterocycles. The van der Waals surface area contributed by atoms with Gasteiger partial charge in [-0.1, -0.05) is 0 Å². The highest BCUT2D eigenvalue weighted by Crippen LogP contribution is 2.14. The summed E-state index contributed by atoms with van der Waals surface area (Å²) in [6.07, 6.45) is 2.13. The predicted molar refractivity (Wildman–Crippen MR) is 107 cm³/mol. The molecule has 0 bridgehead atoms. The summed E-state index contributed by atoms with van der Waals surface area (Å²) < 4.78 is 10.4. The first-order valence-corrected chi connectivity index (χ1v) is 10.00. The van der Waals surface area contributed by atoms with Crippen LogP contribution in [0, 0.1) is 0 Å². The SMILES string of the molecule is CC(C)(C)OC(=O)N1CCC(=O)CC1.CC(C)(C)OC(=O)N1CCC(N)CC1. The molecule has 2 rings (SSSR count). The van der Waals surface area contributed by atoms with Gasteiger partial charge in [-0.25, -0.2) is 9.59 Å². The molecule has 162 valence electrons. The first-order valence-electron chi connectivity index (χ1n) is 10.00. The molecular weight excluding hydrogens is 362 g/mol. The largest absolute Gasteiger partial charge is 0.444 e. The third-order valence-corrected chi connectivity index (χ3v) is 4.16. The average molecular weight is 400 g/mol. The highest BCUT2D eigenvalue weighted by molar-refractivity contribution is 5.81. The number of nitrogens with zero attached hydrogens (tertiary/aromatic N) is 2. The van der Waals surface area contributed by atoms with Crippen molar-refractivity contribution < 1.29 is 23.9 Å². The van der Waals surface area contributed by atoms with Crippen LogP contribution >= 0.6 is 0 Å². The van der Waals surface area contributed by atoms with Crippen molar-refractivity contribution in [1.82, 2.24) is 9.80 Å². The van der Waals surface area contributed by atoms with Gasteiger partial charge in [-0.05, 0) is 54.4 Å². The quantitative estimate of drug-likeness (QED) is 0.672. The first-order chi connectivity index (χ1) is 12.8. The normalized spacial score (nSPS) is 18.9. The van der Waals surface area contributed by atoms with E-state index in [0.29, 0.717) is 25.9 Å². The van der Waals surface area contributed by atoms with Crippen molar-refractivity contribution >= 4 is 18.0 Å². The zero-order chi connectivity index (χ0) is 21.5. The molecule has 2 aliphatic rings. The molecule has 2 N–H and O–H groups in total. The van der Waals surface area contributed by atoms with Crippen LogP contribution in [-0.2, 0) is 14.3 Å². The lowest BCUT2D eigenvalue weighted by Crippen LogP contribution is -2.44. The Morgan fingerprint density at radius 2 is 1.18 bits per heavy atom. The zero-order valence-electron chi connectivity index (χ0n) is 18.2. The third kappa shape index (κ3) is 9.92. The molecule has 2 amide bonds. The van der Waals surface area contributed by atoms with Crippen molar-refractivity contribution in [2.75, 3.05) is 26.2 Å². The van der Waals surface area contributed by atoms with Gasteiger partial charge in [0.15, 0.2) is 0 Å². The van der Waals surface area contributed by atoms with E-state index in [4.69, 9.17) is 15.2 Å². The summed E-state index contributed by atoms with van der Waals surface area (Å²) in [6, 6.07) is 0.244. The number of ether oxygens (including phenoxy) is 2. The molecule has 0 aromatic rings. The lowest BCUT2D eigenvalue weighted by atomic mass is 10.1. The predicted octanol–water partition coefficient (Wildman–Crippen LogP) is 2.93. The average Bonchev–Trinajstić information content (AvgIpc) is 2.53. The molecular formula is C20H37N3O5. The topological polar surface area (TPSA) is 102 Å². The molecule has 8 heteroatoms. The standard InChI is InChI=1S/C10H20N2O2.C10H17NO3/c1-10(2,3)14-9(13)12-6-4-8(11)5-7-12;1-10(2,3)14-9(13)11-6-4-8(12)5-7-11/h8H,4-7,11H2,1-3H3;4-7H2,1-3H3. The maximum atomic E-state index is 11.6. The van der Waals surface area contributed by atoms with Crippen molar-refractivity contribution in [3.05, 3.63) is 0 Å². The van der Waals surface area contributed by atoms with Gasteiger partial charge in [0.1, 0.15) is 17.0 Å². The minimum Gasteiger partial charge on any atom is -0.444 e. The van der Waals surface area contributed by atoms with E-state index in [0.717, 1.165) is 25.9 Å². The van der Waals surface area contributed by atoms with Crippen LogP contribution < -0.4 is 5.73 Å². The van der Waals surface area contributed by atoms with Crippen LogP contribution in [0.15, 0.2) is 0 Å². The van der Waals surface area contributed by atoms with Crippen molar-refractivity contribution in [2.45, 2.75) is 84.5 Å². The lowest BCUT2D eigenvalue weighted by Gasteiger charge is -2.32. The van der Waals surface area contributed by atoms with Gasteiger partial charge in [-0.15, -0.1) is 0 Å². The highest BCUT2D eigenvalue weighted by Gasteiger charge is 2.26. The van der Waals surface area contributed by atoms with Gasteiger partial charge >= 0.3 is 12.2 Å². The number of carbonyl (C=O) groups is 3. The molecule has 2 saturated heterocycles. The number of Topliss-reactive ketones (excluding diaryl/α,β-unsaturated/α-hetero) is 1. The maximum Gasteiger partial charge on any atom is 0.410 e. The van der Waals surface area contributed by atoms with Crippen LogP contribution in [0.25, 0.3) is 0 Å². The summed E-state index contributed by atoms with van der Waals surface area (Å²) in [5, 5.41) is 0. The van der Waals surface area contributed by atoms with E-state index in [9.17, 15) is 14.4 Å². The van der Waals surface area contributed by atoms with Gasteiger partial charge in [-0.2, -0.15) is 0 Å². The Kier molecular flexibility index (Phi) is 8.73. The molecule has 2 heterocycles. The Labute approximate surface area is 168 Å². The van der Waals surface area contributed by atoms with Crippen molar-refractivity contribution in [3.63, 3.8) is 0 Å². The molecule has 8 nitrogen and oxygen atoms in total. The first kappa shape index (κ1) is 24.2. The Morgan fingerprint density at radius 3 is 1.54 bits per heavy atom. The van der Waals surface area contributed by atoms with E-state index in [1.54, 1.807) is 9.80 Å². The molecule has 28 heavy (non-hydrogen) atoms. The second-order valence-corrected chi connectivity index (χ2v) is 9.31. The molecule has 0 unspecified atom stereocenters. The molecule has 0 radical (unpaired) electrons. The fraction of sp³-hybridized carbons (Fsp3) is 0.850. The Balaban J connectivity index is 0.000000280. The number of amides is 2. The second kappa shape index (κ2) is 10.1. The van der Waals surface area contributed by atoms with Crippen LogP contribution in [0.4, 0.5) is 9.59 Å². The molecule has 0 spiro atoms. The van der Waals surface area contributed by atoms with E-state index >= 15 is 0 Å². The van der Waals surface area contributed by atoms with Crippen LogP contribution in [0.3, 0.4) is 0 Å². The summed E-state index contributed by atoms with van der Waals surface area (Å²) >= 11 is 0. The van der Waals surface area contributed by atoms with Gasteiger partial charge in [0.25, 0.3) is 0 Å². The summed E-state index contributed by atoms with van der Waals surface area (Å²) in [5.74, 6) is 0.227. The molecule has 0 aromatic heterocycles. The van der Waals surface area contributed by atoms with Crippen molar-refractivity contribution in [1.29, 1.82) is 0 Å². The number of rotatable bonds is 0. The van der Waals surface area contributed by atoms with E-state index in [1.807, 2.05) is 41.5 Å². The number of hydrogen-bond donors (Lipinski definition) is 1. The monoisotopic (exact) mass is 399 g/mol. The summed E-state index contributed by atoms with van der Waals surface area (Å²) in [7, 11) is 0. The number of nitrogens with two attached hydrogens (primary N) is 1. The minimum atomic E-state index is -0.460. The molecule has 0 aliphatic carbocycles. The van der Waals surface area contributed by atoms with E-state index in [-0.39, 0.29) is 24.0 Å². The Morgan fingerprint density at radius 1 is 0.821 bits per heavy atom. The molecule has 0 saturated carbocycles. The lowest BCUT2D eigenvalue weighted by molar-refractivity contribution is -0.121. The Hall–Kier alpha value is -1.83. The molecule has 0 atom stereocenters. The van der Waals surface area contributed by atoms with Gasteiger partial charge in [0.05, 0.1) is 0 Å². The number of piperidine rings is 2. The fourth-order valence-electron chi connectivity index (χ4n) is 2.67. The van der Waals surface area contributed by atoms with Gasteiger partial charge in [0.2, 0.25) is 0 Å². The third-order valence-electron chi connectivity index (χ3n) is 4.16. The number of carbonyl (C=O) groups excluding carboxylic acids is 3. The fourth-order valence-corrected chi connectivity index (χ4v) is 2.67. The van der Waals surface area contributed by atoms with Gasteiger partial charge in [-0.3, -0.25) is 4.79 Å². The van der Waals surface area contributed by atoms with Crippen LogP contribution in [0.5, 0.6) is 0 Å². The van der Waals surface area contributed by atoms with E-state index in [2.05, 4.69) is 0 Å². The minimum absolute atomic E-state index is 0.218. The van der Waals surface area contributed by atoms with Gasteiger partial charge < -0.3 is 25.0 Å². The van der Waals surface area contributed by atoms with Crippen LogP contribution in [0.2, 0.25) is 0 Å². The number of ketones is 1. The highest BCUT2D eigenvalue weighted by atomic mass is 16.6. The number of likely N-dealkylation sites (tertiary alicyclic amines) is 2. The van der Waals surface area contributed by atoms with E-state index < -0.39 is 11.2 Å². The zero-order valence-corrected chi connectivity index (χ0v) is 18.2. The van der Waals surface area contributed by atoms with Crippen LogP contribution in [0.1, 0.15) is 67.2 Å². The molecule has 0 aromatic carbocycles. The number of hydrogen-bond acceptors (Lipinski definition) is 6. The maximum absolute atomic E-state index is 11.6. The summed E-state index contributed by atoms with van der Waals surface area (Å²) in [5.41, 5.74) is 4.88. The Bertz CT molecular complexity index is 533. The summed E-state index contributed by atoms with van der Waals surface area (Å²) in [4.78, 5) is 37.4.